The predicted octanol–water partition coefficient (Wildman–Crippen LogP) is 5.52. The zero-order chi connectivity index (χ0) is 20.3. The van der Waals surface area contributed by atoms with Crippen molar-refractivity contribution in [3.05, 3.63) is 63.1 Å². The summed E-state index contributed by atoms with van der Waals surface area (Å²) in [6.07, 6.45) is 2.58. The largest absolute Gasteiger partial charge is 0.482 e. The maximum atomic E-state index is 13.1. The number of nitrogens with zero attached hydrogens (tertiary/aromatic N) is 1. The summed E-state index contributed by atoms with van der Waals surface area (Å²) in [5, 5.41) is 1.27. The molecule has 1 amide bonds. The van der Waals surface area contributed by atoms with E-state index in [1.54, 1.807) is 37.4 Å². The van der Waals surface area contributed by atoms with Gasteiger partial charge in [-0.15, -0.1) is 0 Å². The fourth-order valence-electron chi connectivity index (χ4n) is 3.67. The lowest BCUT2D eigenvalue weighted by atomic mass is 9.74. The van der Waals surface area contributed by atoms with Crippen LogP contribution in [0.2, 0.25) is 15.1 Å². The molecule has 1 aliphatic carbocycles. The van der Waals surface area contributed by atoms with Gasteiger partial charge < -0.3 is 9.64 Å². The quantitative estimate of drug-likeness (QED) is 0.615. The molecule has 1 fully saturated rings. The zero-order valence-corrected chi connectivity index (χ0v) is 17.7. The van der Waals surface area contributed by atoms with Crippen LogP contribution in [-0.2, 0) is 15.1 Å². The topological polar surface area (TPSA) is 46.6 Å². The van der Waals surface area contributed by atoms with Crippen molar-refractivity contribution in [1.82, 2.24) is 4.90 Å². The van der Waals surface area contributed by atoms with Crippen LogP contribution in [0.5, 0.6) is 5.75 Å². The Morgan fingerprint density at radius 3 is 2.54 bits per heavy atom. The van der Waals surface area contributed by atoms with E-state index in [4.69, 9.17) is 39.5 Å². The van der Waals surface area contributed by atoms with Gasteiger partial charge in [0.25, 0.3) is 5.91 Å². The fourth-order valence-corrected chi connectivity index (χ4v) is 4.43. The molecule has 0 heterocycles. The average molecular weight is 441 g/mol. The normalized spacial score (nSPS) is 19.4. The summed E-state index contributed by atoms with van der Waals surface area (Å²) in [5.74, 6) is 0.0167. The van der Waals surface area contributed by atoms with Gasteiger partial charge in [-0.1, -0.05) is 53.0 Å². The van der Waals surface area contributed by atoms with Gasteiger partial charge >= 0.3 is 0 Å². The van der Waals surface area contributed by atoms with E-state index >= 15 is 0 Å². The number of Topliss-reactive ketones (excluding diaryl/α,β-unsaturated/α-hetero) is 1. The van der Waals surface area contributed by atoms with E-state index in [9.17, 15) is 9.59 Å². The molecule has 0 aliphatic heterocycles. The lowest BCUT2D eigenvalue weighted by molar-refractivity contribution is -0.149. The minimum absolute atomic E-state index is 0.00720. The predicted molar refractivity (Wildman–Crippen MR) is 111 cm³/mol. The lowest BCUT2D eigenvalue weighted by Crippen LogP contribution is -2.55. The van der Waals surface area contributed by atoms with Crippen molar-refractivity contribution < 1.29 is 14.3 Å². The van der Waals surface area contributed by atoms with E-state index in [1.807, 2.05) is 12.1 Å². The first-order valence-electron chi connectivity index (χ1n) is 8.99. The molecular weight excluding hydrogens is 421 g/mol. The van der Waals surface area contributed by atoms with Gasteiger partial charge in [0.2, 0.25) is 0 Å². The van der Waals surface area contributed by atoms with Gasteiger partial charge in [-0.2, -0.15) is 0 Å². The van der Waals surface area contributed by atoms with Crippen molar-refractivity contribution in [3.63, 3.8) is 0 Å². The Balaban J connectivity index is 1.87. The molecule has 1 saturated carbocycles. The highest BCUT2D eigenvalue weighted by Crippen LogP contribution is 2.42. The van der Waals surface area contributed by atoms with Crippen molar-refractivity contribution >= 4 is 46.5 Å². The molecule has 1 atom stereocenters. The maximum absolute atomic E-state index is 13.1. The molecule has 2 aromatic carbocycles. The highest BCUT2D eigenvalue weighted by Gasteiger charge is 2.47. The van der Waals surface area contributed by atoms with E-state index in [0.29, 0.717) is 39.2 Å². The third-order valence-corrected chi connectivity index (χ3v) is 6.02. The van der Waals surface area contributed by atoms with Crippen LogP contribution in [0.25, 0.3) is 0 Å². The van der Waals surface area contributed by atoms with Crippen molar-refractivity contribution in [2.75, 3.05) is 13.7 Å². The standard InChI is InChI=1S/C21H20Cl3NO3/c1-25(20(27)13-28-18-10-9-14(22)12-17(18)24)21(11-5-4-8-19(21)26)15-6-2-3-7-16(15)23/h2-3,6-7,9-10,12H,4-5,8,11,13H2,1H3/t21-/m0/s1. The number of carbonyl (C=O) groups excluding carboxylic acids is 2. The van der Waals surface area contributed by atoms with Crippen LogP contribution in [0.3, 0.4) is 0 Å². The smallest absolute Gasteiger partial charge is 0.261 e. The Labute approximate surface area is 179 Å². The fraction of sp³-hybridized carbons (Fsp3) is 0.333. The Kier molecular flexibility index (Phi) is 6.54. The zero-order valence-electron chi connectivity index (χ0n) is 15.4. The van der Waals surface area contributed by atoms with Crippen LogP contribution in [0.4, 0.5) is 0 Å². The summed E-state index contributed by atoms with van der Waals surface area (Å²) >= 11 is 18.4. The number of ketones is 1. The molecule has 0 saturated heterocycles. The second-order valence-electron chi connectivity index (χ2n) is 6.79. The van der Waals surface area contributed by atoms with Crippen LogP contribution < -0.4 is 4.74 Å². The first kappa shape index (κ1) is 21.0. The minimum atomic E-state index is -1.08. The second kappa shape index (κ2) is 8.73. The van der Waals surface area contributed by atoms with Gasteiger partial charge in [-0.3, -0.25) is 9.59 Å². The molecule has 0 radical (unpaired) electrons. The molecular formula is C21H20Cl3NO3. The van der Waals surface area contributed by atoms with Gasteiger partial charge in [0.1, 0.15) is 11.3 Å². The first-order valence-corrected chi connectivity index (χ1v) is 10.1. The molecule has 148 valence electrons. The van der Waals surface area contributed by atoms with Crippen molar-refractivity contribution in [2.24, 2.45) is 0 Å². The van der Waals surface area contributed by atoms with Gasteiger partial charge in [0.15, 0.2) is 12.4 Å². The molecule has 28 heavy (non-hydrogen) atoms. The Bertz CT molecular complexity index is 902. The van der Waals surface area contributed by atoms with Gasteiger partial charge in [0.05, 0.1) is 5.02 Å². The van der Waals surface area contributed by atoms with Crippen molar-refractivity contribution in [2.45, 2.75) is 31.2 Å². The van der Waals surface area contributed by atoms with E-state index in [-0.39, 0.29) is 18.3 Å². The number of amides is 1. The number of carbonyl (C=O) groups is 2. The summed E-state index contributed by atoms with van der Waals surface area (Å²) < 4.78 is 5.59. The Hall–Kier alpha value is -1.75. The van der Waals surface area contributed by atoms with E-state index in [2.05, 4.69) is 0 Å². The average Bonchev–Trinajstić information content (AvgIpc) is 2.68. The first-order chi connectivity index (χ1) is 13.4. The molecule has 0 aromatic heterocycles. The number of likely N-dealkylation sites (N-methyl/N-ethyl adjacent to an activating group) is 1. The highest BCUT2D eigenvalue weighted by molar-refractivity contribution is 6.35. The molecule has 0 unspecified atom stereocenters. The van der Waals surface area contributed by atoms with Crippen LogP contribution in [0, 0.1) is 0 Å². The Morgan fingerprint density at radius 2 is 1.86 bits per heavy atom. The maximum Gasteiger partial charge on any atom is 0.261 e. The molecule has 2 aromatic rings. The third-order valence-electron chi connectivity index (χ3n) is 5.16. The summed E-state index contributed by atoms with van der Waals surface area (Å²) in [4.78, 5) is 27.5. The van der Waals surface area contributed by atoms with Gasteiger partial charge in [0, 0.05) is 29.1 Å². The number of hydrogen-bond donors (Lipinski definition) is 0. The number of rotatable bonds is 5. The van der Waals surface area contributed by atoms with Gasteiger partial charge in [-0.05, 0) is 43.5 Å². The summed E-state index contributed by atoms with van der Waals surface area (Å²) in [6, 6.07) is 12.0. The minimum Gasteiger partial charge on any atom is -0.482 e. The molecule has 7 heteroatoms. The van der Waals surface area contributed by atoms with Gasteiger partial charge in [-0.25, -0.2) is 0 Å². The van der Waals surface area contributed by atoms with Crippen molar-refractivity contribution in [3.8, 4) is 5.75 Å². The van der Waals surface area contributed by atoms with E-state index in [1.165, 1.54) is 4.90 Å². The molecule has 1 aliphatic rings. The third kappa shape index (κ3) is 4.00. The number of benzene rings is 2. The van der Waals surface area contributed by atoms with Crippen LogP contribution in [-0.4, -0.2) is 30.2 Å². The van der Waals surface area contributed by atoms with Crippen LogP contribution >= 0.6 is 34.8 Å². The number of hydrogen-bond acceptors (Lipinski definition) is 3. The second-order valence-corrected chi connectivity index (χ2v) is 8.04. The SMILES string of the molecule is CN(C(=O)COc1ccc(Cl)cc1Cl)[C@]1(c2ccccc2Cl)CCCCC1=O. The monoisotopic (exact) mass is 439 g/mol. The number of halogens is 3. The Morgan fingerprint density at radius 1 is 1.11 bits per heavy atom. The van der Waals surface area contributed by atoms with Crippen LogP contribution in [0.15, 0.2) is 42.5 Å². The summed E-state index contributed by atoms with van der Waals surface area (Å²) in [6.45, 7) is -0.253. The molecule has 0 bridgehead atoms. The number of ether oxygens (including phenoxy) is 1. The summed E-state index contributed by atoms with van der Waals surface area (Å²) in [7, 11) is 1.63. The summed E-state index contributed by atoms with van der Waals surface area (Å²) in [5.41, 5.74) is -0.428. The molecule has 4 nitrogen and oxygen atoms in total. The van der Waals surface area contributed by atoms with E-state index in [0.717, 1.165) is 12.8 Å². The van der Waals surface area contributed by atoms with Crippen LogP contribution in [0.1, 0.15) is 31.2 Å². The lowest BCUT2D eigenvalue weighted by Gasteiger charge is -2.43. The molecule has 3 rings (SSSR count). The van der Waals surface area contributed by atoms with Crippen molar-refractivity contribution in [1.29, 1.82) is 0 Å². The molecule has 0 spiro atoms. The highest BCUT2D eigenvalue weighted by atomic mass is 35.5. The molecule has 0 N–H and O–H groups in total. The van der Waals surface area contributed by atoms with E-state index < -0.39 is 5.54 Å².